The Morgan fingerprint density at radius 1 is 0.879 bits per heavy atom. The van der Waals surface area contributed by atoms with Gasteiger partial charge in [-0.3, -0.25) is 0 Å². The average molecular weight is 470 g/mol. The minimum Gasteiger partial charge on any atom is -0.497 e. The fourth-order valence-corrected chi connectivity index (χ4v) is 4.88. The summed E-state index contributed by atoms with van der Waals surface area (Å²) in [4.78, 5) is 5.56. The van der Waals surface area contributed by atoms with Crippen LogP contribution in [0.5, 0.6) is 5.75 Å². The van der Waals surface area contributed by atoms with Gasteiger partial charge in [-0.25, -0.2) is 4.98 Å². The van der Waals surface area contributed by atoms with E-state index in [1.807, 2.05) is 48.5 Å². The zero-order valence-corrected chi connectivity index (χ0v) is 19.0. The molecule has 3 aromatic heterocycles. The lowest BCUT2D eigenvalue weighted by Gasteiger charge is -2.08. The first-order valence-corrected chi connectivity index (χ1v) is 11.4. The molecular formula is C25H16ClN5OS. The van der Waals surface area contributed by atoms with Gasteiger partial charge in [-0.15, -0.1) is 10.2 Å². The number of ether oxygens (including phenoxy) is 1. The van der Waals surface area contributed by atoms with Gasteiger partial charge in [0.25, 0.3) is 0 Å². The van der Waals surface area contributed by atoms with E-state index in [4.69, 9.17) is 26.4 Å². The number of halogens is 1. The van der Waals surface area contributed by atoms with E-state index in [-0.39, 0.29) is 0 Å². The Bertz CT molecular complexity index is 1630. The summed E-state index contributed by atoms with van der Waals surface area (Å²) in [6, 6.07) is 25.8. The van der Waals surface area contributed by atoms with Crippen molar-refractivity contribution < 1.29 is 4.74 Å². The molecule has 0 spiro atoms. The predicted molar refractivity (Wildman–Crippen MR) is 132 cm³/mol. The summed E-state index contributed by atoms with van der Waals surface area (Å²) in [6.45, 7) is 0. The molecule has 0 aliphatic rings. The number of hydrogen-bond acceptors (Lipinski definition) is 6. The highest BCUT2D eigenvalue weighted by atomic mass is 35.5. The van der Waals surface area contributed by atoms with Crippen LogP contribution in [0.3, 0.4) is 0 Å². The average Bonchev–Trinajstić information content (AvgIpc) is 3.45. The van der Waals surface area contributed by atoms with E-state index in [1.165, 1.54) is 11.3 Å². The van der Waals surface area contributed by atoms with Crippen LogP contribution >= 0.6 is 22.9 Å². The molecule has 33 heavy (non-hydrogen) atoms. The highest BCUT2D eigenvalue weighted by molar-refractivity contribution is 7.20. The summed E-state index contributed by atoms with van der Waals surface area (Å²) in [5.41, 5.74) is 4.57. The fraction of sp³-hybridized carbons (Fsp3) is 0.0400. The van der Waals surface area contributed by atoms with E-state index in [2.05, 4.69) is 34.5 Å². The maximum absolute atomic E-state index is 6.47. The quantitative estimate of drug-likeness (QED) is 0.299. The lowest BCUT2D eigenvalue weighted by atomic mass is 10.0. The van der Waals surface area contributed by atoms with Crippen LogP contribution in [0.2, 0.25) is 5.02 Å². The molecule has 160 valence electrons. The van der Waals surface area contributed by atoms with E-state index in [1.54, 1.807) is 17.7 Å². The van der Waals surface area contributed by atoms with Gasteiger partial charge in [0, 0.05) is 22.1 Å². The summed E-state index contributed by atoms with van der Waals surface area (Å²) in [7, 11) is 1.62. The van der Waals surface area contributed by atoms with Gasteiger partial charge >= 0.3 is 0 Å². The zero-order valence-electron chi connectivity index (χ0n) is 17.4. The number of rotatable bonds is 4. The third-order valence-electron chi connectivity index (χ3n) is 5.42. The van der Waals surface area contributed by atoms with Gasteiger partial charge in [0.15, 0.2) is 5.82 Å². The van der Waals surface area contributed by atoms with Crippen molar-refractivity contribution in [1.82, 2.24) is 24.8 Å². The normalized spacial score (nSPS) is 11.3. The van der Waals surface area contributed by atoms with Crippen LogP contribution in [0.1, 0.15) is 0 Å². The van der Waals surface area contributed by atoms with Gasteiger partial charge < -0.3 is 4.74 Å². The Kier molecular flexibility index (Phi) is 4.78. The van der Waals surface area contributed by atoms with Crippen molar-refractivity contribution in [2.75, 3.05) is 7.11 Å². The summed E-state index contributed by atoms with van der Waals surface area (Å²) >= 11 is 7.94. The van der Waals surface area contributed by atoms with Gasteiger partial charge in [0.2, 0.25) is 4.96 Å². The molecule has 0 fully saturated rings. The molecular weight excluding hydrogens is 454 g/mol. The van der Waals surface area contributed by atoms with Crippen LogP contribution in [0.4, 0.5) is 0 Å². The molecule has 0 N–H and O–H groups in total. The van der Waals surface area contributed by atoms with Gasteiger partial charge in [-0.2, -0.15) is 9.61 Å². The highest BCUT2D eigenvalue weighted by Gasteiger charge is 2.19. The van der Waals surface area contributed by atoms with Crippen LogP contribution in [0, 0.1) is 0 Å². The van der Waals surface area contributed by atoms with Gasteiger partial charge in [-0.1, -0.05) is 71.5 Å². The topological polar surface area (TPSA) is 65.2 Å². The minimum atomic E-state index is 0.556. The summed E-state index contributed by atoms with van der Waals surface area (Å²) in [6.07, 6.45) is 0. The van der Waals surface area contributed by atoms with Gasteiger partial charge in [0.05, 0.1) is 23.3 Å². The number of nitrogens with zero attached hydrogens (tertiary/aromatic N) is 5. The number of para-hydroxylation sites is 1. The number of pyridine rings is 1. The summed E-state index contributed by atoms with van der Waals surface area (Å²) in [5.74, 6) is 1.26. The van der Waals surface area contributed by atoms with Crippen LogP contribution in [-0.4, -0.2) is 31.9 Å². The second-order valence-corrected chi connectivity index (χ2v) is 8.77. The Morgan fingerprint density at radius 2 is 1.70 bits per heavy atom. The first kappa shape index (κ1) is 19.8. The fourth-order valence-electron chi connectivity index (χ4n) is 3.81. The van der Waals surface area contributed by atoms with Crippen molar-refractivity contribution in [2.45, 2.75) is 0 Å². The Hall–Kier alpha value is -3.81. The second kappa shape index (κ2) is 7.95. The molecule has 6 nitrogen and oxygen atoms in total. The third kappa shape index (κ3) is 3.42. The molecule has 6 aromatic rings. The Morgan fingerprint density at radius 3 is 2.55 bits per heavy atom. The van der Waals surface area contributed by atoms with Crippen molar-refractivity contribution in [1.29, 1.82) is 0 Å². The SMILES string of the molecule is COc1ccc(Cl)c(-c2nnc3sc(-c4cc(-c5ccccc5)nc5ccccc45)nn23)c1. The zero-order chi connectivity index (χ0) is 22.4. The Labute approximate surface area is 198 Å². The predicted octanol–water partition coefficient (Wildman–Crippen LogP) is 6.40. The number of benzene rings is 3. The summed E-state index contributed by atoms with van der Waals surface area (Å²) in [5, 5.41) is 16.0. The number of methoxy groups -OCH3 is 1. The monoisotopic (exact) mass is 469 g/mol. The van der Waals surface area contributed by atoms with Crippen molar-refractivity contribution in [3.63, 3.8) is 0 Å². The molecule has 0 saturated carbocycles. The molecule has 0 aliphatic heterocycles. The van der Waals surface area contributed by atoms with Gasteiger partial charge in [-0.05, 0) is 30.3 Å². The lowest BCUT2D eigenvalue weighted by molar-refractivity contribution is 0.415. The van der Waals surface area contributed by atoms with E-state index >= 15 is 0 Å². The first-order chi connectivity index (χ1) is 16.2. The maximum Gasteiger partial charge on any atom is 0.235 e. The number of hydrogen-bond donors (Lipinski definition) is 0. The van der Waals surface area contributed by atoms with Crippen molar-refractivity contribution in [2.24, 2.45) is 0 Å². The van der Waals surface area contributed by atoms with Crippen molar-refractivity contribution in [3.05, 3.63) is 83.9 Å². The van der Waals surface area contributed by atoms with E-state index in [9.17, 15) is 0 Å². The van der Waals surface area contributed by atoms with E-state index in [0.717, 1.165) is 32.7 Å². The van der Waals surface area contributed by atoms with Gasteiger partial charge in [0.1, 0.15) is 10.8 Å². The molecule has 3 heterocycles. The molecule has 0 bridgehead atoms. The minimum absolute atomic E-state index is 0.556. The van der Waals surface area contributed by atoms with E-state index in [0.29, 0.717) is 27.1 Å². The van der Waals surface area contributed by atoms with Crippen LogP contribution in [0.15, 0.2) is 78.9 Å². The lowest BCUT2D eigenvalue weighted by Crippen LogP contribution is -1.94. The smallest absolute Gasteiger partial charge is 0.235 e. The molecule has 0 radical (unpaired) electrons. The number of fused-ring (bicyclic) bond motifs is 2. The molecule has 0 amide bonds. The van der Waals surface area contributed by atoms with Crippen molar-refractivity contribution in [3.8, 4) is 39.0 Å². The second-order valence-electron chi connectivity index (χ2n) is 7.41. The molecule has 0 atom stereocenters. The molecule has 0 unspecified atom stereocenters. The van der Waals surface area contributed by atoms with E-state index < -0.39 is 0 Å². The first-order valence-electron chi connectivity index (χ1n) is 10.2. The standard InChI is InChI=1S/C25H16ClN5OS/c1-32-16-11-12-20(26)19(13-16)23-28-29-25-31(23)30-24(33-25)18-14-22(15-7-3-2-4-8-15)27-21-10-6-5-9-17(18)21/h2-14H,1H3. The summed E-state index contributed by atoms with van der Waals surface area (Å²) < 4.78 is 7.09. The largest absolute Gasteiger partial charge is 0.497 e. The molecule has 6 rings (SSSR count). The van der Waals surface area contributed by atoms with Crippen LogP contribution in [-0.2, 0) is 0 Å². The number of aromatic nitrogens is 5. The maximum atomic E-state index is 6.47. The molecule has 0 saturated heterocycles. The highest BCUT2D eigenvalue weighted by Crippen LogP contribution is 2.36. The molecule has 3 aromatic carbocycles. The van der Waals surface area contributed by atoms with Crippen molar-refractivity contribution >= 4 is 38.8 Å². The third-order valence-corrected chi connectivity index (χ3v) is 6.68. The Balaban J connectivity index is 1.55. The molecule has 0 aliphatic carbocycles. The van der Waals surface area contributed by atoms with Crippen LogP contribution in [0.25, 0.3) is 49.1 Å². The molecule has 8 heteroatoms. The van der Waals surface area contributed by atoms with Crippen LogP contribution < -0.4 is 4.74 Å².